The molecule has 0 saturated carbocycles. The lowest BCUT2D eigenvalue weighted by molar-refractivity contribution is -0.385. The number of phenols is 1. The Morgan fingerprint density at radius 3 is 2.88 bits per heavy atom. The molecular formula is C17H16N2O5. The second kappa shape index (κ2) is 6.19. The van der Waals surface area contributed by atoms with E-state index in [0.29, 0.717) is 5.69 Å². The number of carbonyl (C=O) groups excluding carboxylic acids is 1. The summed E-state index contributed by atoms with van der Waals surface area (Å²) in [4.78, 5) is 22.2. The number of nitro groups is 1. The van der Waals surface area contributed by atoms with Crippen LogP contribution in [-0.2, 0) is 11.2 Å². The van der Waals surface area contributed by atoms with Crippen LogP contribution in [0.5, 0.6) is 5.75 Å². The van der Waals surface area contributed by atoms with Crippen LogP contribution in [0.4, 0.5) is 11.4 Å². The summed E-state index contributed by atoms with van der Waals surface area (Å²) >= 11 is 0. The van der Waals surface area contributed by atoms with Crippen LogP contribution in [-0.4, -0.2) is 23.1 Å². The molecular weight excluding hydrogens is 312 g/mol. The van der Waals surface area contributed by atoms with Gasteiger partial charge in [-0.1, -0.05) is 12.1 Å². The first-order chi connectivity index (χ1) is 11.5. The van der Waals surface area contributed by atoms with Gasteiger partial charge in [-0.25, -0.2) is 4.79 Å². The van der Waals surface area contributed by atoms with Crippen LogP contribution in [0, 0.1) is 10.1 Å². The van der Waals surface area contributed by atoms with E-state index in [9.17, 15) is 20.0 Å². The zero-order valence-electron chi connectivity index (χ0n) is 13.0. The summed E-state index contributed by atoms with van der Waals surface area (Å²) in [6.45, 7) is 0. The Morgan fingerprint density at radius 2 is 2.17 bits per heavy atom. The largest absolute Gasteiger partial charge is 0.508 e. The summed E-state index contributed by atoms with van der Waals surface area (Å²) < 4.78 is 4.62. The van der Waals surface area contributed by atoms with E-state index in [0.717, 1.165) is 24.0 Å². The lowest BCUT2D eigenvalue weighted by Gasteiger charge is -2.16. The van der Waals surface area contributed by atoms with Crippen molar-refractivity contribution in [3.8, 4) is 5.75 Å². The highest BCUT2D eigenvalue weighted by molar-refractivity contribution is 5.95. The Balaban J connectivity index is 1.91. The van der Waals surface area contributed by atoms with Crippen molar-refractivity contribution in [1.29, 1.82) is 0 Å². The molecule has 0 heterocycles. The summed E-state index contributed by atoms with van der Waals surface area (Å²) in [7, 11) is 1.18. The highest BCUT2D eigenvalue weighted by atomic mass is 16.6. The summed E-state index contributed by atoms with van der Waals surface area (Å²) in [5.41, 5.74) is 2.10. The number of nitro benzene ring substituents is 1. The number of esters is 1. The van der Waals surface area contributed by atoms with E-state index < -0.39 is 10.9 Å². The molecule has 1 aliphatic carbocycles. The molecule has 0 radical (unpaired) electrons. The van der Waals surface area contributed by atoms with Crippen LogP contribution in [0.1, 0.15) is 33.9 Å². The fraction of sp³-hybridized carbons (Fsp3) is 0.235. The Hall–Kier alpha value is -3.09. The Kier molecular flexibility index (Phi) is 4.07. The zero-order valence-corrected chi connectivity index (χ0v) is 13.0. The fourth-order valence-electron chi connectivity index (χ4n) is 3.04. The molecule has 0 aliphatic heterocycles. The highest BCUT2D eigenvalue weighted by Gasteiger charge is 2.26. The molecule has 3 rings (SSSR count). The summed E-state index contributed by atoms with van der Waals surface area (Å²) in [5, 5.41) is 24.2. The molecule has 0 bridgehead atoms. The van der Waals surface area contributed by atoms with E-state index in [-0.39, 0.29) is 23.0 Å². The second-order valence-corrected chi connectivity index (χ2v) is 5.56. The van der Waals surface area contributed by atoms with Gasteiger partial charge in [0.1, 0.15) is 11.3 Å². The molecule has 2 aromatic rings. The molecule has 7 heteroatoms. The molecule has 7 nitrogen and oxygen atoms in total. The van der Waals surface area contributed by atoms with Crippen LogP contribution in [0.15, 0.2) is 36.4 Å². The predicted molar refractivity (Wildman–Crippen MR) is 87.2 cm³/mol. The van der Waals surface area contributed by atoms with Crippen LogP contribution < -0.4 is 5.32 Å². The van der Waals surface area contributed by atoms with Crippen molar-refractivity contribution in [3.05, 3.63) is 63.2 Å². The molecule has 124 valence electrons. The molecule has 0 aromatic heterocycles. The molecule has 0 amide bonds. The van der Waals surface area contributed by atoms with Gasteiger partial charge in [0.2, 0.25) is 0 Å². The lowest BCUT2D eigenvalue weighted by atomic mass is 10.1. The summed E-state index contributed by atoms with van der Waals surface area (Å²) in [6.07, 6.45) is 1.54. The quantitative estimate of drug-likeness (QED) is 0.508. The minimum Gasteiger partial charge on any atom is -0.508 e. The number of ether oxygens (including phenoxy) is 1. The smallest absolute Gasteiger partial charge is 0.344 e. The highest BCUT2D eigenvalue weighted by Crippen LogP contribution is 2.38. The molecule has 24 heavy (non-hydrogen) atoms. The van der Waals surface area contributed by atoms with Gasteiger partial charge in [-0.2, -0.15) is 0 Å². The lowest BCUT2D eigenvalue weighted by Crippen LogP contribution is -2.10. The second-order valence-electron chi connectivity index (χ2n) is 5.56. The number of nitrogens with one attached hydrogen (secondary N) is 1. The van der Waals surface area contributed by atoms with Gasteiger partial charge in [0.05, 0.1) is 18.1 Å². The molecule has 1 atom stereocenters. The Labute approximate surface area is 138 Å². The van der Waals surface area contributed by atoms with E-state index in [1.165, 1.54) is 19.2 Å². The van der Waals surface area contributed by atoms with E-state index >= 15 is 0 Å². The van der Waals surface area contributed by atoms with E-state index in [4.69, 9.17) is 0 Å². The standard InChI is InChI=1S/C17H16N2O5/c1-24-17(21)13-9-10(5-8-15(13)19(22)23)18-14-7-6-12-11(14)3-2-4-16(12)20/h2-5,8-9,14,18,20H,6-7H2,1H3. The van der Waals surface area contributed by atoms with Gasteiger partial charge in [0.15, 0.2) is 0 Å². The van der Waals surface area contributed by atoms with Crippen molar-refractivity contribution in [2.24, 2.45) is 0 Å². The first-order valence-electron chi connectivity index (χ1n) is 7.45. The van der Waals surface area contributed by atoms with Crippen LogP contribution in [0.3, 0.4) is 0 Å². The van der Waals surface area contributed by atoms with Gasteiger partial charge < -0.3 is 15.2 Å². The third kappa shape index (κ3) is 2.76. The van der Waals surface area contributed by atoms with Gasteiger partial charge in [0.25, 0.3) is 5.69 Å². The topological polar surface area (TPSA) is 102 Å². The molecule has 1 aliphatic rings. The van der Waals surface area contributed by atoms with Gasteiger partial charge in [-0.3, -0.25) is 10.1 Å². The Morgan fingerprint density at radius 1 is 1.38 bits per heavy atom. The third-order valence-corrected chi connectivity index (χ3v) is 4.19. The number of nitrogens with zero attached hydrogens (tertiary/aromatic N) is 1. The minimum absolute atomic E-state index is 0.0287. The Bertz CT molecular complexity index is 819. The van der Waals surface area contributed by atoms with Crippen molar-refractivity contribution in [1.82, 2.24) is 0 Å². The van der Waals surface area contributed by atoms with Crippen molar-refractivity contribution >= 4 is 17.3 Å². The van der Waals surface area contributed by atoms with Gasteiger partial charge >= 0.3 is 5.97 Å². The number of aromatic hydroxyl groups is 1. The molecule has 1 unspecified atom stereocenters. The number of hydrogen-bond donors (Lipinski definition) is 2. The average Bonchev–Trinajstić information content (AvgIpc) is 2.98. The van der Waals surface area contributed by atoms with Gasteiger partial charge in [0, 0.05) is 11.8 Å². The normalized spacial score (nSPS) is 15.6. The average molecular weight is 328 g/mol. The molecule has 2 aromatic carbocycles. The summed E-state index contributed by atoms with van der Waals surface area (Å²) in [5.74, 6) is -0.481. The van der Waals surface area contributed by atoms with Crippen molar-refractivity contribution in [2.75, 3.05) is 12.4 Å². The maximum atomic E-state index is 11.8. The van der Waals surface area contributed by atoms with Crippen molar-refractivity contribution in [2.45, 2.75) is 18.9 Å². The maximum absolute atomic E-state index is 11.8. The maximum Gasteiger partial charge on any atom is 0.344 e. The first-order valence-corrected chi connectivity index (χ1v) is 7.45. The van der Waals surface area contributed by atoms with Crippen LogP contribution in [0.25, 0.3) is 0 Å². The van der Waals surface area contributed by atoms with Crippen molar-refractivity contribution < 1.29 is 19.6 Å². The number of hydrogen-bond acceptors (Lipinski definition) is 6. The number of benzene rings is 2. The predicted octanol–water partition coefficient (Wildman–Crippen LogP) is 3.19. The number of rotatable bonds is 4. The number of methoxy groups -OCH3 is 1. The number of fused-ring (bicyclic) bond motifs is 1. The number of anilines is 1. The van der Waals surface area contributed by atoms with Crippen LogP contribution >= 0.6 is 0 Å². The van der Waals surface area contributed by atoms with E-state index in [1.807, 2.05) is 6.07 Å². The van der Waals surface area contributed by atoms with Crippen LogP contribution in [0.2, 0.25) is 0 Å². The van der Waals surface area contributed by atoms with Gasteiger partial charge in [-0.15, -0.1) is 0 Å². The van der Waals surface area contributed by atoms with E-state index in [2.05, 4.69) is 10.1 Å². The molecule has 2 N–H and O–H groups in total. The molecule has 0 spiro atoms. The monoisotopic (exact) mass is 328 g/mol. The zero-order chi connectivity index (χ0) is 17.3. The number of phenolic OH excluding ortho intramolecular Hbond substituents is 1. The summed E-state index contributed by atoms with van der Waals surface area (Å²) in [6, 6.07) is 9.61. The van der Waals surface area contributed by atoms with E-state index in [1.54, 1.807) is 18.2 Å². The fourth-order valence-corrected chi connectivity index (χ4v) is 3.04. The SMILES string of the molecule is COC(=O)c1cc(NC2CCc3c(O)cccc32)ccc1[N+](=O)[O-]. The van der Waals surface area contributed by atoms with Crippen molar-refractivity contribution in [3.63, 3.8) is 0 Å². The van der Waals surface area contributed by atoms with Gasteiger partial charge in [-0.05, 0) is 42.2 Å². The first kappa shape index (κ1) is 15.8. The number of carbonyl (C=O) groups is 1. The molecule has 0 saturated heterocycles. The minimum atomic E-state index is -0.755. The third-order valence-electron chi connectivity index (χ3n) is 4.19. The molecule has 0 fully saturated rings.